The molecule has 0 heterocycles. The molecule has 0 rings (SSSR count). The average molecular weight is 213 g/mol. The normalized spacial score (nSPS) is 11.1. The maximum atomic E-state index is 9.85. The van der Waals surface area contributed by atoms with Crippen LogP contribution < -0.4 is 0 Å². The zero-order chi connectivity index (χ0) is 10.9. The zero-order valence-corrected chi connectivity index (χ0v) is 10.8. The van der Waals surface area contributed by atoms with Gasteiger partial charge < -0.3 is 0 Å². The van der Waals surface area contributed by atoms with E-state index in [9.17, 15) is 4.79 Å². The highest BCUT2D eigenvalue weighted by Gasteiger charge is 2.25. The summed E-state index contributed by atoms with van der Waals surface area (Å²) in [6.45, 7) is 7.68. The van der Waals surface area contributed by atoms with Crippen LogP contribution in [0.2, 0.25) is 24.2 Å². The maximum Gasteiger partial charge on any atom is 0.234 e. The Hall–Kier alpha value is -0.403. The van der Waals surface area contributed by atoms with Crippen LogP contribution in [-0.2, 0) is 4.79 Å². The van der Waals surface area contributed by atoms with E-state index in [4.69, 9.17) is 0 Å². The van der Waals surface area contributed by atoms with Crippen molar-refractivity contribution in [1.29, 1.82) is 0 Å². The van der Waals surface area contributed by atoms with Gasteiger partial charge in [-0.3, -0.25) is 0 Å². The zero-order valence-electron chi connectivity index (χ0n) is 9.81. The first-order valence-electron chi connectivity index (χ1n) is 5.78. The van der Waals surface area contributed by atoms with Crippen LogP contribution in [-0.4, -0.2) is 20.7 Å². The summed E-state index contributed by atoms with van der Waals surface area (Å²) in [5, 5.41) is 0. The Balaban J connectivity index is 3.76. The predicted molar refractivity (Wildman–Crippen MR) is 64.2 cm³/mol. The van der Waals surface area contributed by atoms with Gasteiger partial charge in [0.05, 0.1) is 14.6 Å². The van der Waals surface area contributed by atoms with Crippen molar-refractivity contribution in [3.8, 4) is 0 Å². The predicted octanol–water partition coefficient (Wildman–Crippen LogP) is 3.61. The van der Waals surface area contributed by atoms with Crippen molar-refractivity contribution < 1.29 is 4.79 Å². The summed E-state index contributed by atoms with van der Waals surface area (Å²) in [5.41, 5.74) is 0. The minimum atomic E-state index is -0.918. The van der Waals surface area contributed by atoms with Gasteiger partial charge in [-0.1, -0.05) is 51.4 Å². The number of rotatable bonds is 8. The summed E-state index contributed by atoms with van der Waals surface area (Å²) in [6.07, 6.45) is 3.90. The monoisotopic (exact) mass is 213 g/mol. The molecule has 0 saturated heterocycles. The van der Waals surface area contributed by atoms with Crippen LogP contribution in [0.25, 0.3) is 0 Å². The van der Waals surface area contributed by atoms with Gasteiger partial charge >= 0.3 is 0 Å². The number of nitrogens with zero attached hydrogens (tertiary/aromatic N) is 1. The van der Waals surface area contributed by atoms with Gasteiger partial charge in [-0.05, 0) is 6.42 Å². The minimum Gasteiger partial charge on any atom is -0.211 e. The molecule has 0 unspecified atom stereocenters. The number of isocyanates is 1. The molecule has 3 heteroatoms. The molecule has 82 valence electrons. The standard InChI is InChI=1S/C11H23NOSi/c1-4-14(5-2,6-3)10-8-7-9-12-11-13/h4-10H2,1-3H3. The molecule has 0 aliphatic rings. The molecule has 0 aromatic carbocycles. The molecule has 0 spiro atoms. The van der Waals surface area contributed by atoms with Crippen LogP contribution in [0.4, 0.5) is 0 Å². The number of unbranched alkanes of at least 4 members (excludes halogenated alkanes) is 1. The SMILES string of the molecule is CC[Si](CC)(CC)CCCCN=C=O. The molecule has 14 heavy (non-hydrogen) atoms. The fraction of sp³-hybridized carbons (Fsp3) is 0.909. The van der Waals surface area contributed by atoms with Gasteiger partial charge in [-0.2, -0.15) is 0 Å². The molecule has 0 aliphatic heterocycles. The van der Waals surface area contributed by atoms with Crippen molar-refractivity contribution in [2.75, 3.05) is 6.54 Å². The van der Waals surface area contributed by atoms with Gasteiger partial charge in [0.25, 0.3) is 0 Å². The third-order valence-electron chi connectivity index (χ3n) is 3.54. The van der Waals surface area contributed by atoms with Crippen molar-refractivity contribution in [2.45, 2.75) is 57.8 Å². The number of hydrogen-bond donors (Lipinski definition) is 0. The summed E-state index contributed by atoms with van der Waals surface area (Å²) in [5.74, 6) is 0. The van der Waals surface area contributed by atoms with E-state index in [1.165, 1.54) is 30.6 Å². The van der Waals surface area contributed by atoms with Gasteiger partial charge in [0.15, 0.2) is 0 Å². The minimum absolute atomic E-state index is 0.672. The van der Waals surface area contributed by atoms with Crippen LogP contribution in [0, 0.1) is 0 Å². The molecule has 0 aromatic rings. The molecule has 0 radical (unpaired) electrons. The first kappa shape index (κ1) is 13.6. The van der Waals surface area contributed by atoms with Crippen LogP contribution in [0.5, 0.6) is 0 Å². The lowest BCUT2D eigenvalue weighted by molar-refractivity contribution is 0.562. The fourth-order valence-corrected chi connectivity index (χ4v) is 5.58. The first-order valence-corrected chi connectivity index (χ1v) is 8.61. The second-order valence-corrected chi connectivity index (χ2v) is 9.61. The Morgan fingerprint density at radius 2 is 1.64 bits per heavy atom. The fourth-order valence-electron chi connectivity index (χ4n) is 2.02. The largest absolute Gasteiger partial charge is 0.234 e. The topological polar surface area (TPSA) is 29.4 Å². The highest BCUT2D eigenvalue weighted by Crippen LogP contribution is 2.26. The van der Waals surface area contributed by atoms with E-state index in [1.807, 2.05) is 0 Å². The molecule has 0 amide bonds. The Labute approximate surface area is 88.8 Å². The van der Waals surface area contributed by atoms with Gasteiger partial charge in [0.2, 0.25) is 6.08 Å². The smallest absolute Gasteiger partial charge is 0.211 e. The Kier molecular flexibility index (Phi) is 7.72. The van der Waals surface area contributed by atoms with Crippen LogP contribution in [0.1, 0.15) is 33.6 Å². The van der Waals surface area contributed by atoms with Gasteiger partial charge in [-0.25, -0.2) is 9.79 Å². The third kappa shape index (κ3) is 4.73. The summed E-state index contributed by atoms with van der Waals surface area (Å²) in [7, 11) is -0.918. The molecular weight excluding hydrogens is 190 g/mol. The van der Waals surface area contributed by atoms with E-state index in [-0.39, 0.29) is 0 Å². The van der Waals surface area contributed by atoms with Gasteiger partial charge in [0.1, 0.15) is 0 Å². The number of carbonyl (C=O) groups excluding carboxylic acids is 1. The first-order chi connectivity index (χ1) is 6.74. The van der Waals surface area contributed by atoms with Crippen molar-refractivity contribution in [2.24, 2.45) is 4.99 Å². The average Bonchev–Trinajstić information content (AvgIpc) is 2.24. The summed E-state index contributed by atoms with van der Waals surface area (Å²) >= 11 is 0. The van der Waals surface area contributed by atoms with Crippen LogP contribution in [0.3, 0.4) is 0 Å². The highest BCUT2D eigenvalue weighted by molar-refractivity contribution is 6.79. The number of aliphatic imine (C=N–C) groups is 1. The van der Waals surface area contributed by atoms with E-state index in [0.29, 0.717) is 6.54 Å². The van der Waals surface area contributed by atoms with Crippen molar-refractivity contribution in [3.05, 3.63) is 0 Å². The van der Waals surface area contributed by atoms with Crippen molar-refractivity contribution >= 4 is 14.2 Å². The van der Waals surface area contributed by atoms with Gasteiger partial charge in [0, 0.05) is 0 Å². The summed E-state index contributed by atoms with van der Waals surface area (Å²) < 4.78 is 0. The summed E-state index contributed by atoms with van der Waals surface area (Å²) in [6, 6.07) is 5.61. The van der Waals surface area contributed by atoms with E-state index in [0.717, 1.165) is 6.42 Å². The summed E-state index contributed by atoms with van der Waals surface area (Å²) in [4.78, 5) is 13.4. The Bertz CT molecular complexity index is 175. The van der Waals surface area contributed by atoms with E-state index in [1.54, 1.807) is 6.08 Å². The van der Waals surface area contributed by atoms with Crippen LogP contribution in [0.15, 0.2) is 4.99 Å². The second kappa shape index (κ2) is 7.95. The lowest BCUT2D eigenvalue weighted by Gasteiger charge is -2.27. The molecule has 0 N–H and O–H groups in total. The van der Waals surface area contributed by atoms with E-state index >= 15 is 0 Å². The molecule has 0 atom stereocenters. The molecule has 0 saturated carbocycles. The lowest BCUT2D eigenvalue weighted by Crippen LogP contribution is -2.30. The molecule has 0 fully saturated rings. The highest BCUT2D eigenvalue weighted by atomic mass is 28.3. The molecule has 0 aliphatic carbocycles. The maximum absolute atomic E-state index is 9.85. The quantitative estimate of drug-likeness (QED) is 0.262. The van der Waals surface area contributed by atoms with E-state index < -0.39 is 8.07 Å². The van der Waals surface area contributed by atoms with E-state index in [2.05, 4.69) is 25.8 Å². The molecular formula is C11H23NOSi. The van der Waals surface area contributed by atoms with Crippen molar-refractivity contribution in [1.82, 2.24) is 0 Å². The second-order valence-electron chi connectivity index (χ2n) is 3.99. The Morgan fingerprint density at radius 1 is 1.07 bits per heavy atom. The lowest BCUT2D eigenvalue weighted by atomic mass is 10.3. The molecule has 2 nitrogen and oxygen atoms in total. The molecule has 0 bridgehead atoms. The van der Waals surface area contributed by atoms with Crippen LogP contribution >= 0.6 is 0 Å². The Morgan fingerprint density at radius 3 is 2.07 bits per heavy atom. The van der Waals surface area contributed by atoms with Gasteiger partial charge in [-0.15, -0.1) is 0 Å². The molecule has 0 aromatic heterocycles. The number of hydrogen-bond acceptors (Lipinski definition) is 2. The third-order valence-corrected chi connectivity index (χ3v) is 9.46. The van der Waals surface area contributed by atoms with Crippen molar-refractivity contribution in [3.63, 3.8) is 0 Å².